The van der Waals surface area contributed by atoms with E-state index in [-0.39, 0.29) is 5.91 Å². The van der Waals surface area contributed by atoms with Crippen LogP contribution in [0.5, 0.6) is 5.75 Å². The van der Waals surface area contributed by atoms with Gasteiger partial charge in [-0.1, -0.05) is 29.8 Å². The van der Waals surface area contributed by atoms with Crippen molar-refractivity contribution in [3.05, 3.63) is 64.7 Å². The maximum absolute atomic E-state index is 11.4. The highest BCUT2D eigenvalue weighted by Gasteiger charge is 2.03. The lowest BCUT2D eigenvalue weighted by Crippen LogP contribution is -2.18. The van der Waals surface area contributed by atoms with Gasteiger partial charge in [0.1, 0.15) is 5.75 Å². The van der Waals surface area contributed by atoms with Gasteiger partial charge in [0.25, 0.3) is 5.91 Å². The molecule has 0 spiro atoms. The Morgan fingerprint density at radius 3 is 2.48 bits per heavy atom. The van der Waals surface area contributed by atoms with Gasteiger partial charge in [-0.05, 0) is 30.7 Å². The van der Waals surface area contributed by atoms with Gasteiger partial charge in [0.15, 0.2) is 0 Å². The molecule has 0 aliphatic rings. The van der Waals surface area contributed by atoms with Gasteiger partial charge in [-0.3, -0.25) is 4.79 Å². The molecule has 0 fully saturated rings. The third-order valence-electron chi connectivity index (χ3n) is 3.32. The molecule has 0 unspecified atom stereocenters. The van der Waals surface area contributed by atoms with Crippen molar-refractivity contribution in [2.24, 2.45) is 0 Å². The monoisotopic (exact) mass is 284 g/mol. The maximum atomic E-state index is 11.4. The molecule has 1 amide bonds. The summed E-state index contributed by atoms with van der Waals surface area (Å²) in [7, 11) is 1.62. The number of hydrogen-bond donors (Lipinski definition) is 3. The first-order chi connectivity index (χ1) is 10.1. The van der Waals surface area contributed by atoms with Gasteiger partial charge >= 0.3 is 0 Å². The SMILES string of the molecule is CNC(=O)c1ccc(CNCc2cc(C)ccc2O)cc1. The number of aromatic hydroxyl groups is 1. The van der Waals surface area contributed by atoms with Gasteiger partial charge in [0.05, 0.1) is 0 Å². The van der Waals surface area contributed by atoms with Crippen molar-refractivity contribution in [3.8, 4) is 5.75 Å². The highest BCUT2D eigenvalue weighted by molar-refractivity contribution is 5.93. The summed E-state index contributed by atoms with van der Waals surface area (Å²) in [5.74, 6) is 0.224. The van der Waals surface area contributed by atoms with E-state index in [1.54, 1.807) is 25.2 Å². The van der Waals surface area contributed by atoms with E-state index in [1.165, 1.54) is 0 Å². The second kappa shape index (κ2) is 6.90. The van der Waals surface area contributed by atoms with Crippen LogP contribution in [0.2, 0.25) is 0 Å². The lowest BCUT2D eigenvalue weighted by atomic mass is 10.1. The minimum atomic E-state index is -0.0841. The number of phenolic OH excluding ortho intramolecular Hbond substituents is 1. The third kappa shape index (κ3) is 4.07. The number of hydrogen-bond acceptors (Lipinski definition) is 3. The molecule has 21 heavy (non-hydrogen) atoms. The van der Waals surface area contributed by atoms with Crippen molar-refractivity contribution in [3.63, 3.8) is 0 Å². The van der Waals surface area contributed by atoms with Gasteiger partial charge in [-0.2, -0.15) is 0 Å². The Morgan fingerprint density at radius 1 is 1.10 bits per heavy atom. The number of phenols is 1. The number of nitrogens with one attached hydrogen (secondary N) is 2. The smallest absolute Gasteiger partial charge is 0.251 e. The Hall–Kier alpha value is -2.33. The summed E-state index contributed by atoms with van der Waals surface area (Å²) in [5.41, 5.74) is 3.75. The summed E-state index contributed by atoms with van der Waals surface area (Å²) >= 11 is 0. The van der Waals surface area contributed by atoms with Crippen LogP contribution in [-0.2, 0) is 13.1 Å². The van der Waals surface area contributed by atoms with E-state index in [2.05, 4.69) is 10.6 Å². The molecule has 0 heterocycles. The first-order valence-electron chi connectivity index (χ1n) is 6.90. The average molecular weight is 284 g/mol. The fourth-order valence-electron chi connectivity index (χ4n) is 2.12. The summed E-state index contributed by atoms with van der Waals surface area (Å²) in [6.45, 7) is 3.28. The fourth-order valence-corrected chi connectivity index (χ4v) is 2.12. The molecule has 4 heteroatoms. The molecule has 2 aromatic carbocycles. The summed E-state index contributed by atoms with van der Waals surface area (Å²) in [4.78, 5) is 11.4. The summed E-state index contributed by atoms with van der Waals surface area (Å²) in [6.07, 6.45) is 0. The molecule has 0 aliphatic carbocycles. The summed E-state index contributed by atoms with van der Waals surface area (Å²) in [5, 5.41) is 15.7. The highest BCUT2D eigenvalue weighted by Crippen LogP contribution is 2.17. The summed E-state index contributed by atoms with van der Waals surface area (Å²) < 4.78 is 0. The molecule has 4 nitrogen and oxygen atoms in total. The van der Waals surface area contributed by atoms with Crippen LogP contribution < -0.4 is 10.6 Å². The number of amides is 1. The van der Waals surface area contributed by atoms with Crippen molar-refractivity contribution in [1.82, 2.24) is 10.6 Å². The van der Waals surface area contributed by atoms with E-state index in [0.29, 0.717) is 24.4 Å². The minimum Gasteiger partial charge on any atom is -0.508 e. The molecular weight excluding hydrogens is 264 g/mol. The van der Waals surface area contributed by atoms with E-state index >= 15 is 0 Å². The molecule has 0 atom stereocenters. The standard InChI is InChI=1S/C17H20N2O2/c1-12-3-8-16(20)15(9-12)11-19-10-13-4-6-14(7-5-13)17(21)18-2/h3-9,19-20H,10-11H2,1-2H3,(H,18,21). The predicted octanol–water partition coefficient (Wildman–Crippen LogP) is 2.35. The zero-order valence-electron chi connectivity index (χ0n) is 12.3. The molecule has 0 radical (unpaired) electrons. The zero-order chi connectivity index (χ0) is 15.2. The van der Waals surface area contributed by atoms with Crippen LogP contribution in [0, 0.1) is 6.92 Å². The third-order valence-corrected chi connectivity index (χ3v) is 3.32. The largest absolute Gasteiger partial charge is 0.508 e. The predicted molar refractivity (Wildman–Crippen MR) is 83.2 cm³/mol. The lowest BCUT2D eigenvalue weighted by Gasteiger charge is -2.08. The lowest BCUT2D eigenvalue weighted by molar-refractivity contribution is 0.0963. The minimum absolute atomic E-state index is 0.0841. The number of rotatable bonds is 5. The molecule has 2 rings (SSSR count). The maximum Gasteiger partial charge on any atom is 0.251 e. The van der Waals surface area contributed by atoms with E-state index in [9.17, 15) is 9.90 Å². The summed E-state index contributed by atoms with van der Waals surface area (Å²) in [6, 6.07) is 13.0. The van der Waals surface area contributed by atoms with Crippen LogP contribution in [0.3, 0.4) is 0 Å². The molecule has 110 valence electrons. The van der Waals surface area contributed by atoms with Crippen LogP contribution >= 0.6 is 0 Å². The second-order valence-electron chi connectivity index (χ2n) is 5.01. The fraction of sp³-hybridized carbons (Fsp3) is 0.235. The Balaban J connectivity index is 1.91. The van der Waals surface area contributed by atoms with E-state index in [1.807, 2.05) is 31.2 Å². The Kier molecular flexibility index (Phi) is 4.95. The van der Waals surface area contributed by atoms with Gasteiger partial charge in [0.2, 0.25) is 0 Å². The number of aryl methyl sites for hydroxylation is 1. The van der Waals surface area contributed by atoms with Crippen molar-refractivity contribution >= 4 is 5.91 Å². The van der Waals surface area contributed by atoms with E-state index in [4.69, 9.17) is 0 Å². The van der Waals surface area contributed by atoms with E-state index < -0.39 is 0 Å². The van der Waals surface area contributed by atoms with Crippen molar-refractivity contribution in [2.75, 3.05) is 7.05 Å². The number of carbonyl (C=O) groups excluding carboxylic acids is 1. The quantitative estimate of drug-likeness (QED) is 0.790. The highest BCUT2D eigenvalue weighted by atomic mass is 16.3. The first-order valence-corrected chi connectivity index (χ1v) is 6.90. The number of carbonyl (C=O) groups is 1. The molecule has 0 saturated heterocycles. The van der Waals surface area contributed by atoms with Crippen LogP contribution in [0.4, 0.5) is 0 Å². The Morgan fingerprint density at radius 2 is 1.81 bits per heavy atom. The van der Waals surface area contributed by atoms with Gasteiger partial charge in [0, 0.05) is 31.3 Å². The number of benzene rings is 2. The Bertz CT molecular complexity index is 621. The molecule has 3 N–H and O–H groups in total. The average Bonchev–Trinajstić information content (AvgIpc) is 2.50. The van der Waals surface area contributed by atoms with Crippen LogP contribution in [0.1, 0.15) is 27.0 Å². The van der Waals surface area contributed by atoms with Crippen molar-refractivity contribution in [2.45, 2.75) is 20.0 Å². The normalized spacial score (nSPS) is 10.4. The van der Waals surface area contributed by atoms with Crippen molar-refractivity contribution < 1.29 is 9.90 Å². The van der Waals surface area contributed by atoms with Gasteiger partial charge in [-0.25, -0.2) is 0 Å². The topological polar surface area (TPSA) is 61.4 Å². The molecule has 2 aromatic rings. The van der Waals surface area contributed by atoms with Gasteiger partial charge in [-0.15, -0.1) is 0 Å². The van der Waals surface area contributed by atoms with Crippen LogP contribution in [0.15, 0.2) is 42.5 Å². The first kappa shape index (κ1) is 15.1. The van der Waals surface area contributed by atoms with E-state index in [0.717, 1.165) is 16.7 Å². The molecule has 0 aliphatic heterocycles. The van der Waals surface area contributed by atoms with Crippen molar-refractivity contribution in [1.29, 1.82) is 0 Å². The molecule has 0 bridgehead atoms. The molecular formula is C17H20N2O2. The molecule has 0 saturated carbocycles. The van der Waals surface area contributed by atoms with Crippen LogP contribution in [0.25, 0.3) is 0 Å². The second-order valence-corrected chi connectivity index (χ2v) is 5.01. The van der Waals surface area contributed by atoms with Gasteiger partial charge < -0.3 is 15.7 Å². The zero-order valence-corrected chi connectivity index (χ0v) is 12.3. The molecule has 0 aromatic heterocycles. The van der Waals surface area contributed by atoms with Crippen LogP contribution in [-0.4, -0.2) is 18.1 Å². The Labute approximate surface area is 124 Å².